The van der Waals surface area contributed by atoms with Crippen molar-refractivity contribution in [3.63, 3.8) is 0 Å². The number of quaternary nitrogens is 1. The van der Waals surface area contributed by atoms with Gasteiger partial charge in [-0.1, -0.05) is 6.92 Å². The molecule has 0 bridgehead atoms. The molecule has 0 radical (unpaired) electrons. The first-order valence-corrected chi connectivity index (χ1v) is 10.1. The number of hydrogen-bond donors (Lipinski definition) is 3. The van der Waals surface area contributed by atoms with Gasteiger partial charge in [-0.05, 0) is 51.5 Å². The van der Waals surface area contributed by atoms with E-state index in [9.17, 15) is 14.9 Å². The number of thiophene rings is 1. The highest BCUT2D eigenvalue weighted by molar-refractivity contribution is 7.16. The van der Waals surface area contributed by atoms with Gasteiger partial charge in [0.2, 0.25) is 0 Å². The van der Waals surface area contributed by atoms with Gasteiger partial charge < -0.3 is 15.5 Å². The lowest BCUT2D eigenvalue weighted by Crippen LogP contribution is -3.14. The summed E-state index contributed by atoms with van der Waals surface area (Å²) in [6.07, 6.45) is 2.98. The Hall–Kier alpha value is -1.91. The van der Waals surface area contributed by atoms with E-state index < -0.39 is 0 Å². The topological polar surface area (TPSA) is 86.4 Å². The number of fused-ring (bicyclic) bond motifs is 1. The van der Waals surface area contributed by atoms with Gasteiger partial charge >= 0.3 is 0 Å². The molecule has 6 nitrogen and oxygen atoms in total. The molecule has 0 aromatic carbocycles. The van der Waals surface area contributed by atoms with Crippen LogP contribution in [0.2, 0.25) is 0 Å². The number of hydrogen-bond acceptors (Lipinski definition) is 4. The summed E-state index contributed by atoms with van der Waals surface area (Å²) in [4.78, 5) is 26.5. The number of nitriles is 1. The van der Waals surface area contributed by atoms with E-state index in [-0.39, 0.29) is 30.9 Å². The maximum atomic E-state index is 12.5. The van der Waals surface area contributed by atoms with E-state index in [0.717, 1.165) is 29.7 Å². The van der Waals surface area contributed by atoms with Gasteiger partial charge in [0.1, 0.15) is 11.1 Å². The zero-order valence-electron chi connectivity index (χ0n) is 16.1. The van der Waals surface area contributed by atoms with Crippen LogP contribution in [0.25, 0.3) is 0 Å². The molecular weight excluding hydrogens is 348 g/mol. The van der Waals surface area contributed by atoms with Gasteiger partial charge in [-0.25, -0.2) is 0 Å². The molecule has 0 spiro atoms. The summed E-state index contributed by atoms with van der Waals surface area (Å²) < 4.78 is 0. The zero-order chi connectivity index (χ0) is 19.3. The van der Waals surface area contributed by atoms with Crippen LogP contribution in [0.1, 0.15) is 50.1 Å². The van der Waals surface area contributed by atoms with Gasteiger partial charge in [-0.15, -0.1) is 11.3 Å². The second-order valence-corrected chi connectivity index (χ2v) is 8.50. The molecule has 2 rings (SSSR count). The number of nitrogens with zero attached hydrogens (tertiary/aromatic N) is 1. The summed E-state index contributed by atoms with van der Waals surface area (Å²) in [5, 5.41) is 16.0. The smallest absolute Gasteiger partial charge is 0.280 e. The van der Waals surface area contributed by atoms with Gasteiger partial charge in [-0.3, -0.25) is 9.59 Å². The van der Waals surface area contributed by atoms with Crippen LogP contribution >= 0.6 is 11.3 Å². The van der Waals surface area contributed by atoms with E-state index in [4.69, 9.17) is 0 Å². The molecule has 0 saturated carbocycles. The lowest BCUT2D eigenvalue weighted by Gasteiger charge is -2.17. The van der Waals surface area contributed by atoms with Crippen LogP contribution in [-0.4, -0.2) is 37.5 Å². The molecule has 0 saturated heterocycles. The van der Waals surface area contributed by atoms with Crippen molar-refractivity contribution in [2.45, 2.75) is 53.0 Å². The minimum atomic E-state index is -0.151. The monoisotopic (exact) mass is 377 g/mol. The maximum absolute atomic E-state index is 12.5. The van der Waals surface area contributed by atoms with Crippen LogP contribution in [0.5, 0.6) is 0 Å². The Bertz CT molecular complexity index is 705. The second kappa shape index (κ2) is 9.15. The first kappa shape index (κ1) is 20.4. The summed E-state index contributed by atoms with van der Waals surface area (Å²) in [5.41, 5.74) is 1.74. The lowest BCUT2D eigenvalue weighted by molar-refractivity contribution is -0.881. The largest absolute Gasteiger partial charge is 0.349 e. The fourth-order valence-electron chi connectivity index (χ4n) is 3.27. The first-order chi connectivity index (χ1) is 12.3. The molecule has 0 fully saturated rings. The van der Waals surface area contributed by atoms with E-state index >= 15 is 0 Å². The van der Waals surface area contributed by atoms with Gasteiger partial charge in [0.15, 0.2) is 13.1 Å². The highest BCUT2D eigenvalue weighted by Crippen LogP contribution is 2.39. The standard InChI is InChI=1S/C19H28N4O2S/c1-5-23(10-17(24)21-12(2)3)11-18(25)22-19-15(9-20)14-7-6-13(4)8-16(14)26-19/h12-13H,5-8,10-11H2,1-4H3,(H,21,24)(H,22,25)/p+1/t13-/m1/s1. The molecule has 142 valence electrons. The van der Waals surface area contributed by atoms with Crippen molar-refractivity contribution in [1.82, 2.24) is 5.32 Å². The second-order valence-electron chi connectivity index (χ2n) is 7.40. The molecule has 0 aliphatic heterocycles. The Morgan fingerprint density at radius 3 is 2.65 bits per heavy atom. The minimum absolute atomic E-state index is 0.0528. The molecule has 1 aliphatic rings. The zero-order valence-corrected chi connectivity index (χ0v) is 16.9. The molecule has 1 aromatic heterocycles. The lowest BCUT2D eigenvalue weighted by atomic mass is 9.89. The van der Waals surface area contributed by atoms with E-state index in [1.165, 1.54) is 16.2 Å². The highest BCUT2D eigenvalue weighted by Gasteiger charge is 2.25. The van der Waals surface area contributed by atoms with Crippen molar-refractivity contribution in [2.24, 2.45) is 5.92 Å². The average molecular weight is 378 g/mol. The third-order valence-electron chi connectivity index (χ3n) is 4.65. The van der Waals surface area contributed by atoms with Gasteiger partial charge in [0.05, 0.1) is 12.1 Å². The number of carbonyl (C=O) groups excluding carboxylic acids is 2. The molecule has 26 heavy (non-hydrogen) atoms. The van der Waals surface area contributed by atoms with Crippen molar-refractivity contribution >= 4 is 28.2 Å². The summed E-state index contributed by atoms with van der Waals surface area (Å²) in [7, 11) is 0. The van der Waals surface area contributed by atoms with Crippen molar-refractivity contribution < 1.29 is 14.5 Å². The van der Waals surface area contributed by atoms with Crippen LogP contribution < -0.4 is 15.5 Å². The molecule has 2 amide bonds. The fourth-order valence-corrected chi connectivity index (χ4v) is 4.64. The summed E-state index contributed by atoms with van der Waals surface area (Å²) in [5.74, 6) is 0.418. The molecule has 2 atom stereocenters. The number of rotatable bonds is 7. The Kier molecular flexibility index (Phi) is 7.18. The highest BCUT2D eigenvalue weighted by atomic mass is 32.1. The van der Waals surface area contributed by atoms with Crippen molar-refractivity contribution in [3.8, 4) is 6.07 Å². The minimum Gasteiger partial charge on any atom is -0.349 e. The number of nitrogens with one attached hydrogen (secondary N) is 3. The van der Waals surface area contributed by atoms with Crippen LogP contribution in [0.4, 0.5) is 5.00 Å². The first-order valence-electron chi connectivity index (χ1n) is 9.31. The third kappa shape index (κ3) is 5.29. The molecule has 1 aliphatic carbocycles. The summed E-state index contributed by atoms with van der Waals surface area (Å²) in [6.45, 7) is 9.17. The molecule has 1 heterocycles. The van der Waals surface area contributed by atoms with E-state index in [1.807, 2.05) is 20.8 Å². The van der Waals surface area contributed by atoms with E-state index in [0.29, 0.717) is 23.0 Å². The summed E-state index contributed by atoms with van der Waals surface area (Å²) >= 11 is 1.53. The average Bonchev–Trinajstić information content (AvgIpc) is 2.88. The molecule has 1 aromatic rings. The van der Waals surface area contributed by atoms with E-state index in [2.05, 4.69) is 23.6 Å². The molecular formula is C19H29N4O2S+. The fraction of sp³-hybridized carbons (Fsp3) is 0.632. The van der Waals surface area contributed by atoms with Crippen molar-refractivity contribution in [2.75, 3.05) is 25.0 Å². The number of likely N-dealkylation sites (N-methyl/N-ethyl adjacent to an activating group) is 1. The summed E-state index contributed by atoms with van der Waals surface area (Å²) in [6, 6.07) is 2.36. The van der Waals surface area contributed by atoms with Crippen LogP contribution in [0.3, 0.4) is 0 Å². The Morgan fingerprint density at radius 1 is 1.35 bits per heavy atom. The van der Waals surface area contributed by atoms with Crippen LogP contribution in [0, 0.1) is 17.2 Å². The maximum Gasteiger partial charge on any atom is 0.280 e. The predicted octanol–water partition coefficient (Wildman–Crippen LogP) is 1.11. The van der Waals surface area contributed by atoms with Crippen molar-refractivity contribution in [3.05, 3.63) is 16.0 Å². The SMILES string of the molecule is CC[NH+](CC(=O)Nc1sc2c(c1C#N)CC[C@@H](C)C2)CC(=O)NC(C)C. The molecule has 1 unspecified atom stereocenters. The Balaban J connectivity index is 2.01. The van der Waals surface area contributed by atoms with Gasteiger partial charge in [-0.2, -0.15) is 5.26 Å². The van der Waals surface area contributed by atoms with Gasteiger partial charge in [0.25, 0.3) is 11.8 Å². The number of carbonyl (C=O) groups is 2. The van der Waals surface area contributed by atoms with Crippen molar-refractivity contribution in [1.29, 1.82) is 5.26 Å². The quantitative estimate of drug-likeness (QED) is 0.665. The third-order valence-corrected chi connectivity index (χ3v) is 5.82. The number of amides is 2. The Morgan fingerprint density at radius 2 is 2.04 bits per heavy atom. The Labute approximate surface area is 159 Å². The predicted molar refractivity (Wildman–Crippen MR) is 103 cm³/mol. The van der Waals surface area contributed by atoms with Crippen LogP contribution in [0.15, 0.2) is 0 Å². The molecule has 7 heteroatoms. The van der Waals surface area contributed by atoms with E-state index in [1.54, 1.807) is 0 Å². The van der Waals surface area contributed by atoms with Crippen LogP contribution in [-0.2, 0) is 22.4 Å². The molecule has 3 N–H and O–H groups in total. The van der Waals surface area contributed by atoms with Gasteiger partial charge in [0, 0.05) is 10.9 Å². The number of anilines is 1. The normalized spacial score (nSPS) is 17.3.